The third-order valence-corrected chi connectivity index (χ3v) is 2.56. The lowest BCUT2D eigenvalue weighted by Crippen LogP contribution is -1.93. The molecule has 0 fully saturated rings. The molecule has 2 aromatic rings. The molecule has 0 atom stereocenters. The molecule has 0 unspecified atom stereocenters. The van der Waals surface area contributed by atoms with Crippen LogP contribution in [0.3, 0.4) is 0 Å². The molecule has 74 valence electrons. The Balaban J connectivity index is 2.89. The second-order valence-electron chi connectivity index (χ2n) is 3.17. The van der Waals surface area contributed by atoms with Crippen molar-refractivity contribution in [2.45, 2.75) is 0 Å². The average molecular weight is 216 g/mol. The van der Waals surface area contributed by atoms with Gasteiger partial charge in [0.25, 0.3) is 0 Å². The zero-order valence-electron chi connectivity index (χ0n) is 7.81. The van der Waals surface area contributed by atoms with Crippen molar-refractivity contribution in [1.29, 1.82) is 0 Å². The molecule has 0 amide bonds. The van der Waals surface area contributed by atoms with Gasteiger partial charge in [-0.25, -0.2) is 0 Å². The second-order valence-corrected chi connectivity index (χ2v) is 3.58. The van der Waals surface area contributed by atoms with Crippen molar-refractivity contribution in [3.8, 4) is 0 Å². The summed E-state index contributed by atoms with van der Waals surface area (Å²) in [5, 5.41) is 1.26. The Morgan fingerprint density at radius 3 is 2.33 bits per heavy atom. The van der Waals surface area contributed by atoms with Crippen LogP contribution in [0.5, 0.6) is 0 Å². The van der Waals surface area contributed by atoms with Gasteiger partial charge < -0.3 is 0 Å². The first-order valence-electron chi connectivity index (χ1n) is 4.44. The van der Waals surface area contributed by atoms with Crippen LogP contribution in [-0.2, 0) is 0 Å². The Morgan fingerprint density at radius 1 is 1.07 bits per heavy atom. The molecule has 0 saturated carbocycles. The van der Waals surface area contributed by atoms with E-state index in [2.05, 4.69) is 12.6 Å². The van der Waals surface area contributed by atoms with Gasteiger partial charge in [-0.1, -0.05) is 30.3 Å². The van der Waals surface area contributed by atoms with Gasteiger partial charge in [0.05, 0.1) is 0 Å². The van der Waals surface area contributed by atoms with Crippen molar-refractivity contribution in [2.75, 3.05) is 0 Å². The summed E-state index contributed by atoms with van der Waals surface area (Å²) in [5.74, 6) is 0. The largest absolute Gasteiger partial charge is 0.298 e. The lowest BCUT2D eigenvalue weighted by Gasteiger charge is -2.04. The van der Waals surface area contributed by atoms with Crippen molar-refractivity contribution in [3.05, 3.63) is 47.5 Å². The molecule has 0 spiro atoms. The number of hydrogen-bond acceptors (Lipinski definition) is 2. The summed E-state index contributed by atoms with van der Waals surface area (Å²) in [6, 6.07) is 10.6. The van der Waals surface area contributed by atoms with Crippen LogP contribution in [0.2, 0.25) is 0 Å². The van der Waals surface area contributed by atoms with Crippen LogP contribution in [0.25, 0.3) is 10.8 Å². The van der Waals surface area contributed by atoms with E-state index in [9.17, 15) is 9.59 Å². The van der Waals surface area contributed by atoms with E-state index in [1.807, 2.05) is 24.3 Å². The smallest absolute Gasteiger partial charge is 0.216 e. The number of fused-ring (bicyclic) bond motifs is 1. The normalized spacial score (nSPS) is 10.2. The molecule has 2 rings (SSSR count). The second kappa shape index (κ2) is 3.87. The molecule has 0 aliphatic carbocycles. The molecule has 0 heterocycles. The SMILES string of the molecule is O=Cc1ccc(C(=O)S)c2ccccc12. The van der Waals surface area contributed by atoms with Crippen LogP contribution in [-0.4, -0.2) is 11.4 Å². The third kappa shape index (κ3) is 1.66. The number of carbonyl (C=O) groups excluding carboxylic acids is 2. The zero-order chi connectivity index (χ0) is 10.8. The van der Waals surface area contributed by atoms with E-state index in [0.29, 0.717) is 11.1 Å². The first-order chi connectivity index (χ1) is 7.24. The van der Waals surface area contributed by atoms with Gasteiger partial charge in [0.2, 0.25) is 5.12 Å². The van der Waals surface area contributed by atoms with E-state index in [1.165, 1.54) is 0 Å². The van der Waals surface area contributed by atoms with Crippen molar-refractivity contribution >= 4 is 34.8 Å². The van der Waals surface area contributed by atoms with Crippen LogP contribution in [0.15, 0.2) is 36.4 Å². The molecule has 0 aliphatic rings. The zero-order valence-corrected chi connectivity index (χ0v) is 8.70. The number of rotatable bonds is 2. The predicted octanol–water partition coefficient (Wildman–Crippen LogP) is 2.72. The highest BCUT2D eigenvalue weighted by molar-refractivity contribution is 7.97. The first kappa shape index (κ1) is 9.93. The van der Waals surface area contributed by atoms with E-state index >= 15 is 0 Å². The molecule has 2 nitrogen and oxygen atoms in total. The highest BCUT2D eigenvalue weighted by Crippen LogP contribution is 2.22. The summed E-state index contributed by atoms with van der Waals surface area (Å²) in [7, 11) is 0. The summed E-state index contributed by atoms with van der Waals surface area (Å²) in [6.07, 6.45) is 0.787. The minimum atomic E-state index is -0.288. The average Bonchev–Trinajstić information content (AvgIpc) is 2.27. The van der Waals surface area contributed by atoms with Crippen LogP contribution >= 0.6 is 12.6 Å². The van der Waals surface area contributed by atoms with Gasteiger partial charge in [-0.05, 0) is 16.8 Å². The summed E-state index contributed by atoms with van der Waals surface area (Å²) in [5.41, 5.74) is 1.11. The summed E-state index contributed by atoms with van der Waals surface area (Å²) < 4.78 is 0. The summed E-state index contributed by atoms with van der Waals surface area (Å²) in [4.78, 5) is 22.0. The molecule has 0 N–H and O–H groups in total. The fourth-order valence-corrected chi connectivity index (χ4v) is 1.81. The highest BCUT2D eigenvalue weighted by Gasteiger charge is 2.08. The van der Waals surface area contributed by atoms with E-state index in [4.69, 9.17) is 0 Å². The van der Waals surface area contributed by atoms with Crippen LogP contribution in [0.4, 0.5) is 0 Å². The minimum absolute atomic E-state index is 0.288. The Labute approximate surface area is 92.3 Å². The van der Waals surface area contributed by atoms with Crippen molar-refractivity contribution < 1.29 is 9.59 Å². The predicted molar refractivity (Wildman–Crippen MR) is 62.7 cm³/mol. The molecule has 0 bridgehead atoms. The van der Waals surface area contributed by atoms with Crippen LogP contribution in [0, 0.1) is 0 Å². The lowest BCUT2D eigenvalue weighted by atomic mass is 10.0. The maximum Gasteiger partial charge on any atom is 0.216 e. The van der Waals surface area contributed by atoms with E-state index in [0.717, 1.165) is 17.1 Å². The number of carbonyl (C=O) groups is 2. The van der Waals surface area contributed by atoms with Gasteiger partial charge in [-0.3, -0.25) is 9.59 Å². The Hall–Kier alpha value is -1.61. The van der Waals surface area contributed by atoms with Gasteiger partial charge in [-0.2, -0.15) is 0 Å². The van der Waals surface area contributed by atoms with Crippen molar-refractivity contribution in [1.82, 2.24) is 0 Å². The molecule has 0 aliphatic heterocycles. The van der Waals surface area contributed by atoms with E-state index in [1.54, 1.807) is 12.1 Å². The molecule has 0 radical (unpaired) electrons. The molecule has 0 saturated heterocycles. The topological polar surface area (TPSA) is 34.1 Å². The number of aldehydes is 1. The molecular formula is C12H8O2S. The minimum Gasteiger partial charge on any atom is -0.298 e. The van der Waals surface area contributed by atoms with Gasteiger partial charge in [0, 0.05) is 11.1 Å². The Bertz CT molecular complexity index is 546. The Kier molecular flexibility index (Phi) is 2.56. The fraction of sp³-hybridized carbons (Fsp3) is 0. The maximum atomic E-state index is 11.2. The molecule has 0 aromatic heterocycles. The van der Waals surface area contributed by atoms with Gasteiger partial charge in [-0.15, -0.1) is 12.6 Å². The molecule has 3 heteroatoms. The first-order valence-corrected chi connectivity index (χ1v) is 4.89. The Morgan fingerprint density at radius 2 is 1.73 bits per heavy atom. The van der Waals surface area contributed by atoms with Gasteiger partial charge in [0.1, 0.15) is 0 Å². The maximum absolute atomic E-state index is 11.2. The number of hydrogen-bond donors (Lipinski definition) is 1. The van der Waals surface area contributed by atoms with Crippen LogP contribution < -0.4 is 0 Å². The summed E-state index contributed by atoms with van der Waals surface area (Å²) in [6.45, 7) is 0. The van der Waals surface area contributed by atoms with Crippen molar-refractivity contribution in [2.24, 2.45) is 0 Å². The van der Waals surface area contributed by atoms with E-state index < -0.39 is 0 Å². The fourth-order valence-electron chi connectivity index (χ4n) is 1.61. The standard InChI is InChI=1S/C12H8O2S/c13-7-8-5-6-11(12(14)15)10-4-2-1-3-9(8)10/h1-7H,(H,14,15). The molecule has 15 heavy (non-hydrogen) atoms. The van der Waals surface area contributed by atoms with Gasteiger partial charge >= 0.3 is 0 Å². The van der Waals surface area contributed by atoms with Gasteiger partial charge in [0.15, 0.2) is 6.29 Å². The number of benzene rings is 2. The van der Waals surface area contributed by atoms with Crippen LogP contribution in [0.1, 0.15) is 20.7 Å². The highest BCUT2D eigenvalue weighted by atomic mass is 32.1. The number of thiol groups is 1. The van der Waals surface area contributed by atoms with E-state index in [-0.39, 0.29) is 5.12 Å². The quantitative estimate of drug-likeness (QED) is 0.618. The summed E-state index contributed by atoms with van der Waals surface area (Å²) >= 11 is 3.80. The monoisotopic (exact) mass is 216 g/mol. The molecular weight excluding hydrogens is 208 g/mol. The van der Waals surface area contributed by atoms with Crippen molar-refractivity contribution in [3.63, 3.8) is 0 Å². The lowest BCUT2D eigenvalue weighted by molar-refractivity contribution is 0.109. The third-order valence-electron chi connectivity index (χ3n) is 2.32. The molecule has 2 aromatic carbocycles.